The first kappa shape index (κ1) is 24.5. The van der Waals surface area contributed by atoms with E-state index in [0.29, 0.717) is 48.3 Å². The first-order valence-corrected chi connectivity index (χ1v) is 11.8. The summed E-state index contributed by atoms with van der Waals surface area (Å²) in [7, 11) is 0. The molecule has 0 aliphatic carbocycles. The average molecular weight is 505 g/mol. The van der Waals surface area contributed by atoms with Gasteiger partial charge >= 0.3 is 6.36 Å². The lowest BCUT2D eigenvalue weighted by Crippen LogP contribution is -2.49. The van der Waals surface area contributed by atoms with Crippen LogP contribution in [-0.2, 0) is 11.2 Å². The van der Waals surface area contributed by atoms with E-state index in [0.717, 1.165) is 5.69 Å². The van der Waals surface area contributed by atoms with Gasteiger partial charge in [0.15, 0.2) is 10.9 Å². The molecule has 11 heteroatoms. The summed E-state index contributed by atoms with van der Waals surface area (Å²) in [6.07, 6.45) is -4.57. The maximum atomic E-state index is 12.8. The predicted molar refractivity (Wildman–Crippen MR) is 127 cm³/mol. The Labute approximate surface area is 204 Å². The van der Waals surface area contributed by atoms with Crippen molar-refractivity contribution in [2.24, 2.45) is 0 Å². The van der Waals surface area contributed by atoms with E-state index in [4.69, 9.17) is 0 Å². The lowest BCUT2D eigenvalue weighted by atomic mass is 10.1. The number of amides is 1. The van der Waals surface area contributed by atoms with Gasteiger partial charge in [0.25, 0.3) is 0 Å². The molecule has 1 N–H and O–H groups in total. The van der Waals surface area contributed by atoms with Gasteiger partial charge in [-0.05, 0) is 55.5 Å². The average Bonchev–Trinajstić information content (AvgIpc) is 3.26. The van der Waals surface area contributed by atoms with Crippen LogP contribution in [0.4, 0.5) is 29.7 Å². The van der Waals surface area contributed by atoms with Gasteiger partial charge in [0.05, 0.1) is 12.1 Å². The Hall–Kier alpha value is -3.60. The second kappa shape index (κ2) is 10.3. The molecule has 1 aliphatic heterocycles. The van der Waals surface area contributed by atoms with Crippen molar-refractivity contribution in [3.05, 3.63) is 65.2 Å². The van der Waals surface area contributed by atoms with Gasteiger partial charge in [-0.1, -0.05) is 0 Å². The van der Waals surface area contributed by atoms with E-state index in [2.05, 4.69) is 19.9 Å². The number of nitrogens with one attached hydrogen (secondary N) is 1. The minimum Gasteiger partial charge on any atom is -0.406 e. The fourth-order valence-electron chi connectivity index (χ4n) is 3.70. The summed E-state index contributed by atoms with van der Waals surface area (Å²) in [5, 5.41) is 5.34. The molecule has 2 aromatic carbocycles. The second-order valence-corrected chi connectivity index (χ2v) is 8.85. The van der Waals surface area contributed by atoms with Gasteiger partial charge in [-0.3, -0.25) is 9.59 Å². The monoisotopic (exact) mass is 504 g/mol. The highest BCUT2D eigenvalue weighted by Gasteiger charge is 2.31. The minimum absolute atomic E-state index is 0.0120. The Kier molecular flexibility index (Phi) is 7.25. The van der Waals surface area contributed by atoms with Gasteiger partial charge in [-0.2, -0.15) is 0 Å². The number of hydrogen-bond donors (Lipinski definition) is 1. The number of anilines is 3. The van der Waals surface area contributed by atoms with E-state index < -0.39 is 6.36 Å². The summed E-state index contributed by atoms with van der Waals surface area (Å²) in [6, 6.07) is 12.8. The molecule has 0 saturated carbocycles. The van der Waals surface area contributed by atoms with Crippen molar-refractivity contribution in [1.29, 1.82) is 0 Å². The van der Waals surface area contributed by atoms with Crippen LogP contribution in [0.1, 0.15) is 23.0 Å². The van der Waals surface area contributed by atoms with Crippen LogP contribution in [-0.4, -0.2) is 54.1 Å². The molecule has 4 rings (SSSR count). The van der Waals surface area contributed by atoms with Gasteiger partial charge in [-0.25, -0.2) is 4.98 Å². The zero-order valence-electron chi connectivity index (χ0n) is 18.8. The first-order chi connectivity index (χ1) is 16.7. The highest BCUT2D eigenvalue weighted by molar-refractivity contribution is 7.13. The molecule has 0 spiro atoms. The molecule has 1 aliphatic rings. The fourth-order valence-corrected chi connectivity index (χ4v) is 4.43. The molecule has 1 saturated heterocycles. The number of ketones is 1. The van der Waals surface area contributed by atoms with Crippen LogP contribution >= 0.6 is 11.3 Å². The maximum absolute atomic E-state index is 12.8. The molecular formula is C24H23F3N4O3S. The largest absolute Gasteiger partial charge is 0.573 e. The number of benzene rings is 2. The molecule has 1 fully saturated rings. The molecule has 7 nitrogen and oxygen atoms in total. The number of thiazole rings is 1. The molecule has 0 atom stereocenters. The number of rotatable bonds is 7. The van der Waals surface area contributed by atoms with Crippen molar-refractivity contribution in [3.8, 4) is 5.75 Å². The van der Waals surface area contributed by atoms with E-state index in [-0.39, 0.29) is 23.9 Å². The predicted octanol–water partition coefficient (Wildman–Crippen LogP) is 4.88. The summed E-state index contributed by atoms with van der Waals surface area (Å²) >= 11 is 1.31. The first-order valence-electron chi connectivity index (χ1n) is 10.9. The second-order valence-electron chi connectivity index (χ2n) is 7.99. The summed E-state index contributed by atoms with van der Waals surface area (Å²) in [4.78, 5) is 32.6. The summed E-state index contributed by atoms with van der Waals surface area (Å²) in [5.41, 5.74) is 2.88. The SMILES string of the molecule is CC(=O)c1ccc(N2CCN(C(=O)Cc3csc(Nc4ccc(OC(F)(F)F)cc4)n3)CC2)cc1. The van der Waals surface area contributed by atoms with Gasteiger partial charge in [-0.15, -0.1) is 24.5 Å². The maximum Gasteiger partial charge on any atom is 0.573 e. The molecule has 0 unspecified atom stereocenters. The third-order valence-corrected chi connectivity index (χ3v) is 6.30. The smallest absolute Gasteiger partial charge is 0.406 e. The fraction of sp³-hybridized carbons (Fsp3) is 0.292. The number of halogens is 3. The number of ether oxygens (including phenoxy) is 1. The number of alkyl halides is 3. The lowest BCUT2D eigenvalue weighted by molar-refractivity contribution is -0.274. The molecule has 0 bridgehead atoms. The molecule has 184 valence electrons. The number of hydrogen-bond acceptors (Lipinski definition) is 7. The molecule has 35 heavy (non-hydrogen) atoms. The van der Waals surface area contributed by atoms with Crippen molar-refractivity contribution in [2.75, 3.05) is 36.4 Å². The van der Waals surface area contributed by atoms with E-state index in [1.54, 1.807) is 5.38 Å². The minimum atomic E-state index is -4.74. The Morgan fingerprint density at radius 2 is 1.69 bits per heavy atom. The number of aromatic nitrogens is 1. The van der Waals surface area contributed by atoms with Gasteiger partial charge in [0.1, 0.15) is 5.75 Å². The molecule has 1 amide bonds. The van der Waals surface area contributed by atoms with Gasteiger partial charge in [0.2, 0.25) is 5.91 Å². The van der Waals surface area contributed by atoms with E-state index >= 15 is 0 Å². The molecule has 1 aromatic heterocycles. The summed E-state index contributed by atoms with van der Waals surface area (Å²) in [6.45, 7) is 4.12. The Bertz CT molecular complexity index is 1170. The quantitative estimate of drug-likeness (QED) is 0.463. The van der Waals surface area contributed by atoms with Crippen LogP contribution < -0.4 is 15.0 Å². The van der Waals surface area contributed by atoms with Crippen LogP contribution in [0.25, 0.3) is 0 Å². The topological polar surface area (TPSA) is 74.8 Å². The molecule has 2 heterocycles. The number of carbonyl (C=O) groups excluding carboxylic acids is 2. The van der Waals surface area contributed by atoms with Crippen molar-refractivity contribution < 1.29 is 27.5 Å². The zero-order valence-corrected chi connectivity index (χ0v) is 19.7. The summed E-state index contributed by atoms with van der Waals surface area (Å²) in [5.74, 6) is -0.287. The Morgan fingerprint density at radius 1 is 1.03 bits per heavy atom. The standard InChI is InChI=1S/C24H23F3N4O3S/c1-16(32)17-2-6-20(7-3-17)30-10-12-31(13-11-30)22(33)14-19-15-35-23(29-19)28-18-4-8-21(9-5-18)34-24(25,26)27/h2-9,15H,10-14H2,1H3,(H,28,29). The normalized spacial score (nSPS) is 14.1. The van der Waals surface area contributed by atoms with Crippen molar-refractivity contribution in [2.45, 2.75) is 19.7 Å². The van der Waals surface area contributed by atoms with Crippen LogP contribution in [0.3, 0.4) is 0 Å². The Morgan fingerprint density at radius 3 is 2.29 bits per heavy atom. The van der Waals surface area contributed by atoms with Gasteiger partial charge < -0.3 is 19.9 Å². The van der Waals surface area contributed by atoms with Crippen LogP contribution in [0, 0.1) is 0 Å². The third-order valence-electron chi connectivity index (χ3n) is 5.49. The molecule has 3 aromatic rings. The van der Waals surface area contributed by atoms with Crippen molar-refractivity contribution in [3.63, 3.8) is 0 Å². The van der Waals surface area contributed by atoms with Crippen LogP contribution in [0.5, 0.6) is 5.75 Å². The number of piperazine rings is 1. The summed E-state index contributed by atoms with van der Waals surface area (Å²) < 4.78 is 40.7. The molecule has 0 radical (unpaired) electrons. The van der Waals surface area contributed by atoms with E-state index in [1.807, 2.05) is 29.2 Å². The van der Waals surface area contributed by atoms with Crippen molar-refractivity contribution in [1.82, 2.24) is 9.88 Å². The highest BCUT2D eigenvalue weighted by Crippen LogP contribution is 2.27. The van der Waals surface area contributed by atoms with Crippen molar-refractivity contribution >= 4 is 39.5 Å². The number of Topliss-reactive ketones (excluding diaryl/α,β-unsaturated/α-hetero) is 1. The van der Waals surface area contributed by atoms with Crippen LogP contribution in [0.15, 0.2) is 53.9 Å². The van der Waals surface area contributed by atoms with E-state index in [9.17, 15) is 22.8 Å². The van der Waals surface area contributed by atoms with Crippen LogP contribution in [0.2, 0.25) is 0 Å². The Balaban J connectivity index is 1.26. The third kappa shape index (κ3) is 6.72. The van der Waals surface area contributed by atoms with E-state index in [1.165, 1.54) is 42.5 Å². The number of nitrogens with zero attached hydrogens (tertiary/aromatic N) is 3. The number of carbonyl (C=O) groups is 2. The zero-order chi connectivity index (χ0) is 25.0. The lowest BCUT2D eigenvalue weighted by Gasteiger charge is -2.36. The molecular weight excluding hydrogens is 481 g/mol. The highest BCUT2D eigenvalue weighted by atomic mass is 32.1. The van der Waals surface area contributed by atoms with Gasteiger partial charge in [0, 0.05) is 48.5 Å².